The molecule has 1 aromatic carbocycles. The van der Waals surface area contributed by atoms with E-state index < -0.39 is 0 Å². The summed E-state index contributed by atoms with van der Waals surface area (Å²) in [6.45, 7) is 0.760. The lowest BCUT2D eigenvalue weighted by atomic mass is 10.1. The van der Waals surface area contributed by atoms with Crippen molar-refractivity contribution >= 4 is 0 Å². The van der Waals surface area contributed by atoms with Crippen LogP contribution in [0.15, 0.2) is 24.3 Å². The van der Waals surface area contributed by atoms with Crippen molar-refractivity contribution in [3.8, 4) is 17.2 Å². The van der Waals surface area contributed by atoms with E-state index in [9.17, 15) is 0 Å². The number of methoxy groups -OCH3 is 3. The molecule has 0 radical (unpaired) electrons. The Hall–Kier alpha value is -1.68. The van der Waals surface area contributed by atoms with Gasteiger partial charge in [-0.25, -0.2) is 0 Å². The highest BCUT2D eigenvalue weighted by atomic mass is 16.5. The molecule has 0 atom stereocenters. The molecule has 104 valence electrons. The molecule has 0 fully saturated rings. The van der Waals surface area contributed by atoms with Crippen LogP contribution >= 0.6 is 0 Å². The minimum Gasteiger partial charge on any atom is -0.493 e. The molecule has 0 bridgehead atoms. The van der Waals surface area contributed by atoms with E-state index in [4.69, 9.17) is 14.2 Å². The van der Waals surface area contributed by atoms with E-state index in [1.54, 1.807) is 21.3 Å². The number of hydrogen-bond donors (Lipinski definition) is 1. The maximum Gasteiger partial charge on any atom is 0.203 e. The second-order valence-corrected chi connectivity index (χ2v) is 4.51. The van der Waals surface area contributed by atoms with Crippen molar-refractivity contribution in [1.82, 2.24) is 5.32 Å². The van der Waals surface area contributed by atoms with Crippen molar-refractivity contribution in [3.63, 3.8) is 0 Å². The zero-order chi connectivity index (χ0) is 13.7. The Balaban J connectivity index is 2.14. The minimum atomic E-state index is 0.526. The van der Waals surface area contributed by atoms with Crippen LogP contribution in [0.2, 0.25) is 0 Å². The maximum absolute atomic E-state index is 5.46. The molecule has 0 saturated heterocycles. The molecule has 0 saturated carbocycles. The van der Waals surface area contributed by atoms with E-state index >= 15 is 0 Å². The van der Waals surface area contributed by atoms with E-state index in [-0.39, 0.29) is 0 Å². The molecule has 19 heavy (non-hydrogen) atoms. The molecule has 0 unspecified atom stereocenters. The Morgan fingerprint density at radius 3 is 2.26 bits per heavy atom. The molecule has 0 heterocycles. The minimum absolute atomic E-state index is 0.526. The van der Waals surface area contributed by atoms with Gasteiger partial charge in [0.25, 0.3) is 0 Å². The molecule has 1 aromatic rings. The van der Waals surface area contributed by atoms with Crippen molar-refractivity contribution < 1.29 is 14.2 Å². The fourth-order valence-electron chi connectivity index (χ4n) is 2.34. The first kappa shape index (κ1) is 13.7. The molecule has 0 amide bonds. The van der Waals surface area contributed by atoms with Gasteiger partial charge in [0.05, 0.1) is 21.3 Å². The lowest BCUT2D eigenvalue weighted by Gasteiger charge is -2.17. The SMILES string of the molecule is COc1ccc(CNC2CC=CC2)c(OC)c1OC. The Bertz CT molecular complexity index is 449. The molecule has 1 N–H and O–H groups in total. The van der Waals surface area contributed by atoms with Gasteiger partial charge in [-0.3, -0.25) is 0 Å². The second kappa shape index (κ2) is 6.48. The molecule has 1 aliphatic rings. The van der Waals surface area contributed by atoms with Crippen LogP contribution in [-0.2, 0) is 6.54 Å². The number of ether oxygens (including phenoxy) is 3. The highest BCUT2D eigenvalue weighted by Crippen LogP contribution is 2.39. The first-order valence-corrected chi connectivity index (χ1v) is 6.46. The molecule has 0 aliphatic heterocycles. The van der Waals surface area contributed by atoms with Crippen LogP contribution < -0.4 is 19.5 Å². The number of rotatable bonds is 6. The quantitative estimate of drug-likeness (QED) is 0.801. The number of nitrogens with one attached hydrogen (secondary N) is 1. The first-order valence-electron chi connectivity index (χ1n) is 6.46. The Labute approximate surface area is 114 Å². The Morgan fingerprint density at radius 2 is 1.68 bits per heavy atom. The standard InChI is InChI=1S/C15H21NO3/c1-17-13-9-8-11(14(18-2)15(13)19-3)10-16-12-6-4-5-7-12/h4-5,8-9,12,16H,6-7,10H2,1-3H3. The van der Waals surface area contributed by atoms with Crippen molar-refractivity contribution in [2.75, 3.05) is 21.3 Å². The van der Waals surface area contributed by atoms with Gasteiger partial charge in [0.1, 0.15) is 0 Å². The van der Waals surface area contributed by atoms with Gasteiger partial charge < -0.3 is 19.5 Å². The lowest BCUT2D eigenvalue weighted by Crippen LogP contribution is -2.25. The monoisotopic (exact) mass is 263 g/mol. The third-order valence-electron chi connectivity index (χ3n) is 3.37. The van der Waals surface area contributed by atoms with Crippen LogP contribution in [0.3, 0.4) is 0 Å². The van der Waals surface area contributed by atoms with Crippen molar-refractivity contribution in [2.24, 2.45) is 0 Å². The molecule has 1 aliphatic carbocycles. The third-order valence-corrected chi connectivity index (χ3v) is 3.37. The van der Waals surface area contributed by atoms with Crippen molar-refractivity contribution in [1.29, 1.82) is 0 Å². The predicted molar refractivity (Wildman–Crippen MR) is 75.1 cm³/mol. The van der Waals surface area contributed by atoms with Crippen LogP contribution in [0.5, 0.6) is 17.2 Å². The summed E-state index contributed by atoms with van der Waals surface area (Å²) in [7, 11) is 4.90. The van der Waals surface area contributed by atoms with Crippen molar-refractivity contribution in [3.05, 3.63) is 29.8 Å². The largest absolute Gasteiger partial charge is 0.493 e. The maximum atomic E-state index is 5.46. The van der Waals surface area contributed by atoms with Gasteiger partial charge in [-0.15, -0.1) is 0 Å². The summed E-state index contributed by atoms with van der Waals surface area (Å²) in [5, 5.41) is 3.52. The summed E-state index contributed by atoms with van der Waals surface area (Å²) >= 11 is 0. The van der Waals surface area contributed by atoms with Gasteiger partial charge in [-0.2, -0.15) is 0 Å². The summed E-state index contributed by atoms with van der Waals surface area (Å²) in [4.78, 5) is 0. The normalized spacial score (nSPS) is 14.7. The number of hydrogen-bond acceptors (Lipinski definition) is 4. The summed E-state index contributed by atoms with van der Waals surface area (Å²) < 4.78 is 16.1. The molecule has 2 rings (SSSR count). The Morgan fingerprint density at radius 1 is 1.00 bits per heavy atom. The molecule has 0 aromatic heterocycles. The van der Waals surface area contributed by atoms with Gasteiger partial charge in [-0.05, 0) is 18.9 Å². The van der Waals surface area contributed by atoms with Gasteiger partial charge in [0.15, 0.2) is 11.5 Å². The number of benzene rings is 1. The van der Waals surface area contributed by atoms with Gasteiger partial charge in [0, 0.05) is 18.2 Å². The van der Waals surface area contributed by atoms with Gasteiger partial charge in [0.2, 0.25) is 5.75 Å². The van der Waals surface area contributed by atoms with E-state index in [1.807, 2.05) is 12.1 Å². The first-order chi connectivity index (χ1) is 9.30. The highest BCUT2D eigenvalue weighted by Gasteiger charge is 2.17. The summed E-state index contributed by atoms with van der Waals surface area (Å²) in [6.07, 6.45) is 6.61. The van der Waals surface area contributed by atoms with Gasteiger partial charge >= 0.3 is 0 Å². The van der Waals surface area contributed by atoms with Crippen LogP contribution in [0.25, 0.3) is 0 Å². The van der Waals surface area contributed by atoms with E-state index in [1.165, 1.54) is 0 Å². The van der Waals surface area contributed by atoms with Gasteiger partial charge in [-0.1, -0.05) is 18.2 Å². The third kappa shape index (κ3) is 3.01. The summed E-state index contributed by atoms with van der Waals surface area (Å²) in [6, 6.07) is 4.44. The molecule has 0 spiro atoms. The van der Waals surface area contributed by atoms with Crippen LogP contribution in [-0.4, -0.2) is 27.4 Å². The predicted octanol–water partition coefficient (Wildman–Crippen LogP) is 2.52. The molecule has 4 heteroatoms. The van der Waals surface area contributed by atoms with Crippen LogP contribution in [0.4, 0.5) is 0 Å². The van der Waals surface area contributed by atoms with Crippen molar-refractivity contribution in [2.45, 2.75) is 25.4 Å². The molecule has 4 nitrogen and oxygen atoms in total. The molecular formula is C15H21NO3. The topological polar surface area (TPSA) is 39.7 Å². The average molecular weight is 263 g/mol. The highest BCUT2D eigenvalue weighted by molar-refractivity contribution is 5.55. The fraction of sp³-hybridized carbons (Fsp3) is 0.467. The Kier molecular flexibility index (Phi) is 4.68. The lowest BCUT2D eigenvalue weighted by molar-refractivity contribution is 0.321. The van der Waals surface area contributed by atoms with E-state index in [0.29, 0.717) is 17.5 Å². The second-order valence-electron chi connectivity index (χ2n) is 4.51. The summed E-state index contributed by atoms with van der Waals surface area (Å²) in [5.41, 5.74) is 1.08. The van der Waals surface area contributed by atoms with Crippen LogP contribution in [0, 0.1) is 0 Å². The zero-order valence-electron chi connectivity index (χ0n) is 11.7. The summed E-state index contributed by atoms with van der Waals surface area (Å²) in [5.74, 6) is 2.07. The fourth-order valence-corrected chi connectivity index (χ4v) is 2.34. The van der Waals surface area contributed by atoms with E-state index in [0.717, 1.165) is 30.7 Å². The zero-order valence-corrected chi connectivity index (χ0v) is 11.7. The smallest absolute Gasteiger partial charge is 0.203 e. The average Bonchev–Trinajstić information content (AvgIpc) is 2.96. The van der Waals surface area contributed by atoms with Crippen LogP contribution in [0.1, 0.15) is 18.4 Å². The van der Waals surface area contributed by atoms with E-state index in [2.05, 4.69) is 17.5 Å². The molecular weight excluding hydrogens is 242 g/mol.